The molecular formula is C17H22N2. The summed E-state index contributed by atoms with van der Waals surface area (Å²) in [7, 11) is 0. The maximum absolute atomic E-state index is 6.17. The Labute approximate surface area is 115 Å². The van der Waals surface area contributed by atoms with Crippen LogP contribution in [0.25, 0.3) is 0 Å². The first-order chi connectivity index (χ1) is 9.08. The third-order valence-corrected chi connectivity index (χ3v) is 3.31. The molecule has 0 amide bonds. The Bertz CT molecular complexity index is 532. The Morgan fingerprint density at radius 1 is 1.05 bits per heavy atom. The summed E-state index contributed by atoms with van der Waals surface area (Å²) in [5.74, 6) is 0. The van der Waals surface area contributed by atoms with Crippen LogP contribution in [0.4, 0.5) is 11.4 Å². The second-order valence-electron chi connectivity index (χ2n) is 5.27. The molecule has 0 aliphatic rings. The second kappa shape index (κ2) is 5.79. The maximum Gasteiger partial charge on any atom is 0.0605 e. The zero-order chi connectivity index (χ0) is 13.8. The van der Waals surface area contributed by atoms with E-state index < -0.39 is 0 Å². The second-order valence-corrected chi connectivity index (χ2v) is 5.27. The Kier molecular flexibility index (Phi) is 4.10. The van der Waals surface area contributed by atoms with Crippen LogP contribution < -0.4 is 10.6 Å². The van der Waals surface area contributed by atoms with Gasteiger partial charge in [0, 0.05) is 12.6 Å². The molecular weight excluding hydrogens is 232 g/mol. The third kappa shape index (κ3) is 3.28. The monoisotopic (exact) mass is 254 g/mol. The van der Waals surface area contributed by atoms with Crippen LogP contribution in [-0.2, 0) is 6.54 Å². The summed E-state index contributed by atoms with van der Waals surface area (Å²) in [6.45, 7) is 7.34. The molecule has 2 aromatic rings. The van der Waals surface area contributed by atoms with Crippen molar-refractivity contribution in [1.29, 1.82) is 0 Å². The van der Waals surface area contributed by atoms with Gasteiger partial charge in [-0.1, -0.05) is 36.4 Å². The average Bonchev–Trinajstić information content (AvgIpc) is 2.38. The summed E-state index contributed by atoms with van der Waals surface area (Å²) in [5.41, 5.74) is 10.6. The first-order valence-corrected chi connectivity index (χ1v) is 6.74. The van der Waals surface area contributed by atoms with Crippen molar-refractivity contribution < 1.29 is 0 Å². The van der Waals surface area contributed by atoms with Gasteiger partial charge < -0.3 is 10.6 Å². The van der Waals surface area contributed by atoms with Crippen LogP contribution in [0.15, 0.2) is 48.5 Å². The minimum Gasteiger partial charge on any atom is -0.397 e. The molecule has 0 aromatic heterocycles. The molecule has 0 saturated heterocycles. The zero-order valence-electron chi connectivity index (χ0n) is 11.9. The molecule has 0 saturated carbocycles. The van der Waals surface area contributed by atoms with Crippen molar-refractivity contribution in [1.82, 2.24) is 0 Å². The Balaban J connectivity index is 2.30. The minimum absolute atomic E-state index is 0.408. The molecule has 2 N–H and O–H groups in total. The summed E-state index contributed by atoms with van der Waals surface area (Å²) in [6, 6.07) is 17.2. The summed E-state index contributed by atoms with van der Waals surface area (Å²) in [4.78, 5) is 2.34. The molecule has 0 fully saturated rings. The van der Waals surface area contributed by atoms with Crippen molar-refractivity contribution in [3.63, 3.8) is 0 Å². The van der Waals surface area contributed by atoms with E-state index in [-0.39, 0.29) is 0 Å². The third-order valence-electron chi connectivity index (χ3n) is 3.31. The highest BCUT2D eigenvalue weighted by molar-refractivity contribution is 5.68. The molecule has 0 radical (unpaired) electrons. The molecule has 0 unspecified atom stereocenters. The molecule has 0 aliphatic carbocycles. The van der Waals surface area contributed by atoms with Gasteiger partial charge in [0.05, 0.1) is 11.4 Å². The number of nitrogen functional groups attached to an aromatic ring is 1. The number of rotatable bonds is 4. The Hall–Kier alpha value is -1.96. The molecule has 2 nitrogen and oxygen atoms in total. The Morgan fingerprint density at radius 2 is 1.74 bits per heavy atom. The van der Waals surface area contributed by atoms with Gasteiger partial charge in [0.15, 0.2) is 0 Å². The van der Waals surface area contributed by atoms with Crippen molar-refractivity contribution in [2.45, 2.75) is 33.4 Å². The van der Waals surface area contributed by atoms with Crippen LogP contribution in [0.1, 0.15) is 25.0 Å². The smallest absolute Gasteiger partial charge is 0.0605 e. The zero-order valence-corrected chi connectivity index (χ0v) is 11.9. The molecule has 19 heavy (non-hydrogen) atoms. The van der Waals surface area contributed by atoms with Crippen LogP contribution in [0.5, 0.6) is 0 Å². The quantitative estimate of drug-likeness (QED) is 0.836. The number of benzene rings is 2. The minimum atomic E-state index is 0.408. The van der Waals surface area contributed by atoms with Crippen molar-refractivity contribution in [3.8, 4) is 0 Å². The van der Waals surface area contributed by atoms with Gasteiger partial charge in [0.25, 0.3) is 0 Å². The normalized spacial score (nSPS) is 10.7. The van der Waals surface area contributed by atoms with Crippen molar-refractivity contribution in [2.75, 3.05) is 10.6 Å². The number of anilines is 2. The number of hydrogen-bond donors (Lipinski definition) is 1. The van der Waals surface area contributed by atoms with Gasteiger partial charge in [0.2, 0.25) is 0 Å². The largest absolute Gasteiger partial charge is 0.397 e. The van der Waals surface area contributed by atoms with Gasteiger partial charge in [-0.3, -0.25) is 0 Å². The maximum atomic E-state index is 6.17. The highest BCUT2D eigenvalue weighted by Gasteiger charge is 2.13. The fourth-order valence-corrected chi connectivity index (χ4v) is 2.26. The van der Waals surface area contributed by atoms with Gasteiger partial charge >= 0.3 is 0 Å². The highest BCUT2D eigenvalue weighted by atomic mass is 15.2. The molecule has 0 heterocycles. The van der Waals surface area contributed by atoms with Crippen LogP contribution in [0.3, 0.4) is 0 Å². The molecule has 0 spiro atoms. The van der Waals surface area contributed by atoms with E-state index in [1.165, 1.54) is 11.1 Å². The number of hydrogen-bond acceptors (Lipinski definition) is 2. The van der Waals surface area contributed by atoms with Crippen LogP contribution >= 0.6 is 0 Å². The van der Waals surface area contributed by atoms with E-state index in [1.807, 2.05) is 12.1 Å². The molecule has 0 bridgehead atoms. The van der Waals surface area contributed by atoms with Crippen molar-refractivity contribution in [2.24, 2.45) is 0 Å². The average molecular weight is 254 g/mol. The molecule has 0 aliphatic heterocycles. The lowest BCUT2D eigenvalue weighted by Crippen LogP contribution is -2.30. The van der Waals surface area contributed by atoms with Crippen molar-refractivity contribution in [3.05, 3.63) is 59.7 Å². The van der Waals surface area contributed by atoms with E-state index in [4.69, 9.17) is 5.73 Å². The van der Waals surface area contributed by atoms with Gasteiger partial charge in [-0.15, -0.1) is 0 Å². The van der Waals surface area contributed by atoms with E-state index in [0.29, 0.717) is 6.04 Å². The lowest BCUT2D eigenvalue weighted by Gasteiger charge is -2.30. The van der Waals surface area contributed by atoms with E-state index in [0.717, 1.165) is 17.9 Å². The van der Waals surface area contributed by atoms with Crippen molar-refractivity contribution >= 4 is 11.4 Å². The number of nitrogens with two attached hydrogens (primary N) is 1. The van der Waals surface area contributed by atoms with Crippen LogP contribution in [0, 0.1) is 6.92 Å². The first-order valence-electron chi connectivity index (χ1n) is 6.74. The topological polar surface area (TPSA) is 29.3 Å². The van der Waals surface area contributed by atoms with E-state index in [2.05, 4.69) is 62.1 Å². The summed E-state index contributed by atoms with van der Waals surface area (Å²) in [5, 5.41) is 0. The Morgan fingerprint density at radius 3 is 2.32 bits per heavy atom. The van der Waals surface area contributed by atoms with E-state index in [9.17, 15) is 0 Å². The summed E-state index contributed by atoms with van der Waals surface area (Å²) >= 11 is 0. The highest BCUT2D eigenvalue weighted by Crippen LogP contribution is 2.27. The number of nitrogens with zero attached hydrogens (tertiary/aromatic N) is 1. The first kappa shape index (κ1) is 13.5. The van der Waals surface area contributed by atoms with Gasteiger partial charge in [-0.05, 0) is 44.0 Å². The fraction of sp³-hybridized carbons (Fsp3) is 0.294. The predicted octanol–water partition coefficient (Wildman–Crippen LogP) is 3.99. The molecule has 2 aromatic carbocycles. The standard InChI is InChI=1S/C17H22N2/c1-13(2)19(12-15-7-5-4-6-8-15)17-10-9-14(3)11-16(17)18/h4-11,13H,12,18H2,1-3H3. The molecule has 100 valence electrons. The molecule has 2 heteroatoms. The van der Waals surface area contributed by atoms with E-state index >= 15 is 0 Å². The summed E-state index contributed by atoms with van der Waals surface area (Å²) < 4.78 is 0. The SMILES string of the molecule is Cc1ccc(N(Cc2ccccc2)C(C)C)c(N)c1. The summed E-state index contributed by atoms with van der Waals surface area (Å²) in [6.07, 6.45) is 0. The molecule has 2 rings (SSSR count). The van der Waals surface area contributed by atoms with Crippen LogP contribution in [0.2, 0.25) is 0 Å². The lowest BCUT2D eigenvalue weighted by molar-refractivity contribution is 0.683. The molecule has 0 atom stereocenters. The van der Waals surface area contributed by atoms with Gasteiger partial charge in [0.1, 0.15) is 0 Å². The number of aryl methyl sites for hydroxylation is 1. The van der Waals surface area contributed by atoms with Gasteiger partial charge in [-0.2, -0.15) is 0 Å². The van der Waals surface area contributed by atoms with Crippen LogP contribution in [-0.4, -0.2) is 6.04 Å². The lowest BCUT2D eigenvalue weighted by atomic mass is 10.1. The van der Waals surface area contributed by atoms with Gasteiger partial charge in [-0.25, -0.2) is 0 Å². The van der Waals surface area contributed by atoms with E-state index in [1.54, 1.807) is 0 Å². The fourth-order valence-electron chi connectivity index (χ4n) is 2.26. The predicted molar refractivity (Wildman–Crippen MR) is 83.4 cm³/mol.